The zero-order valence-electron chi connectivity index (χ0n) is 21.0. The van der Waals surface area contributed by atoms with Crippen LogP contribution >= 0.6 is 0 Å². The normalized spacial score (nSPS) is 23.0. The molecule has 2 bridgehead atoms. The molecule has 6 rings (SSSR count). The third-order valence-electron chi connectivity index (χ3n) is 7.82. The number of esters is 1. The standard InChI is InChI=1S/C30H24N2O7/c1-17-14-20-15-25(17)27-26(20)28(33)31(29(27)34)21-6-4-19(5-7-21)30(35)38-16-18-2-10-23(11-3-18)39-24-12-8-22(9-13-24)32(36)37/h2-14,20,25-27H,15-16H2,1H3/t20-,25+,26+,27+/m0/s1. The number of imide groups is 1. The van der Waals surface area contributed by atoms with Crippen LogP contribution < -0.4 is 9.64 Å². The molecule has 0 spiro atoms. The molecule has 0 N–H and O–H groups in total. The second kappa shape index (κ2) is 9.50. The molecule has 2 aliphatic carbocycles. The number of carbonyl (C=O) groups excluding carboxylic acids is 3. The summed E-state index contributed by atoms with van der Waals surface area (Å²) in [6, 6.07) is 19.0. The fourth-order valence-corrected chi connectivity index (χ4v) is 5.93. The van der Waals surface area contributed by atoms with Gasteiger partial charge in [-0.2, -0.15) is 0 Å². The lowest BCUT2D eigenvalue weighted by Gasteiger charge is -2.19. The topological polar surface area (TPSA) is 116 Å². The first-order valence-electron chi connectivity index (χ1n) is 12.6. The molecule has 1 saturated carbocycles. The summed E-state index contributed by atoms with van der Waals surface area (Å²) in [5, 5.41) is 10.8. The van der Waals surface area contributed by atoms with Gasteiger partial charge in [-0.05, 0) is 79.3 Å². The number of ether oxygens (including phenoxy) is 2. The van der Waals surface area contributed by atoms with Crippen molar-refractivity contribution < 1.29 is 28.8 Å². The maximum atomic E-state index is 13.1. The third-order valence-corrected chi connectivity index (χ3v) is 7.82. The summed E-state index contributed by atoms with van der Waals surface area (Å²) >= 11 is 0. The fourth-order valence-electron chi connectivity index (χ4n) is 5.93. The lowest BCUT2D eigenvalue weighted by Crippen LogP contribution is -2.32. The lowest BCUT2D eigenvalue weighted by molar-refractivity contribution is -0.384. The molecule has 9 heteroatoms. The van der Waals surface area contributed by atoms with E-state index in [1.54, 1.807) is 48.5 Å². The van der Waals surface area contributed by atoms with Crippen molar-refractivity contribution in [1.29, 1.82) is 0 Å². The van der Waals surface area contributed by atoms with E-state index >= 15 is 0 Å². The van der Waals surface area contributed by atoms with Gasteiger partial charge >= 0.3 is 5.97 Å². The number of fused-ring (bicyclic) bond motifs is 5. The van der Waals surface area contributed by atoms with Gasteiger partial charge in [-0.1, -0.05) is 23.8 Å². The van der Waals surface area contributed by atoms with E-state index in [9.17, 15) is 24.5 Å². The monoisotopic (exact) mass is 524 g/mol. The summed E-state index contributed by atoms with van der Waals surface area (Å²) < 4.78 is 11.1. The van der Waals surface area contributed by atoms with E-state index in [0.29, 0.717) is 22.7 Å². The average Bonchev–Trinajstić information content (AvgIpc) is 3.58. The predicted octanol–water partition coefficient (Wildman–Crippen LogP) is 5.45. The highest BCUT2D eigenvalue weighted by Crippen LogP contribution is 2.55. The largest absolute Gasteiger partial charge is 0.457 e. The van der Waals surface area contributed by atoms with E-state index in [-0.39, 0.29) is 47.8 Å². The molecule has 0 unspecified atom stereocenters. The number of nitrogens with zero attached hydrogens (tertiary/aromatic N) is 2. The molecule has 196 valence electrons. The van der Waals surface area contributed by atoms with E-state index in [2.05, 4.69) is 6.08 Å². The van der Waals surface area contributed by atoms with Crippen LogP contribution in [0.1, 0.15) is 29.3 Å². The van der Waals surface area contributed by atoms with Crippen molar-refractivity contribution in [3.8, 4) is 11.5 Å². The van der Waals surface area contributed by atoms with Gasteiger partial charge in [0, 0.05) is 12.1 Å². The van der Waals surface area contributed by atoms with Crippen LogP contribution in [0.25, 0.3) is 0 Å². The molecular weight excluding hydrogens is 500 g/mol. The molecule has 0 radical (unpaired) electrons. The minimum Gasteiger partial charge on any atom is -0.457 e. The number of amides is 2. The number of rotatable bonds is 7. The minimum atomic E-state index is -0.526. The predicted molar refractivity (Wildman–Crippen MR) is 140 cm³/mol. The molecule has 3 aliphatic rings. The van der Waals surface area contributed by atoms with Crippen LogP contribution in [-0.4, -0.2) is 22.7 Å². The summed E-state index contributed by atoms with van der Waals surface area (Å²) in [6.07, 6.45) is 3.02. The lowest BCUT2D eigenvalue weighted by atomic mass is 9.82. The number of anilines is 1. The third kappa shape index (κ3) is 4.35. The van der Waals surface area contributed by atoms with Crippen LogP contribution in [0, 0.1) is 33.8 Å². The van der Waals surface area contributed by atoms with Gasteiger partial charge in [0.2, 0.25) is 11.8 Å². The van der Waals surface area contributed by atoms with Crippen molar-refractivity contribution in [2.24, 2.45) is 23.7 Å². The molecule has 3 aromatic carbocycles. The summed E-state index contributed by atoms with van der Waals surface area (Å²) in [5.41, 5.74) is 2.71. The first-order chi connectivity index (χ1) is 18.8. The number of nitro groups is 1. The van der Waals surface area contributed by atoms with E-state index in [0.717, 1.165) is 12.0 Å². The van der Waals surface area contributed by atoms with Gasteiger partial charge in [0.25, 0.3) is 5.69 Å². The van der Waals surface area contributed by atoms with Crippen LogP contribution in [0.5, 0.6) is 11.5 Å². The Morgan fingerprint density at radius 1 is 0.923 bits per heavy atom. The Morgan fingerprint density at radius 2 is 1.54 bits per heavy atom. The van der Waals surface area contributed by atoms with Gasteiger partial charge in [-0.25, -0.2) is 4.79 Å². The molecule has 9 nitrogen and oxygen atoms in total. The number of non-ortho nitro benzene ring substituents is 1. The Balaban J connectivity index is 1.05. The smallest absolute Gasteiger partial charge is 0.338 e. The number of nitro benzene ring substituents is 1. The molecule has 4 atom stereocenters. The second-order valence-electron chi connectivity index (χ2n) is 10.1. The first-order valence-corrected chi connectivity index (χ1v) is 12.6. The Labute approximate surface area is 223 Å². The maximum absolute atomic E-state index is 13.1. The zero-order valence-corrected chi connectivity index (χ0v) is 21.0. The molecule has 2 amide bonds. The van der Waals surface area contributed by atoms with Gasteiger partial charge in [-0.15, -0.1) is 0 Å². The summed E-state index contributed by atoms with van der Waals surface area (Å²) in [7, 11) is 0. The van der Waals surface area contributed by atoms with Crippen molar-refractivity contribution in [1.82, 2.24) is 0 Å². The molecular formula is C30H24N2O7. The average molecular weight is 525 g/mol. The summed E-state index contributed by atoms with van der Waals surface area (Å²) in [4.78, 5) is 50.4. The SMILES string of the molecule is CC1=C[C@H]2C[C@H]1[C@H]1C(=O)N(c3ccc(C(=O)OCc4ccc(Oc5ccc([N+](=O)[O-])cc5)cc4)cc3)C(=O)[C@@H]12. The van der Waals surface area contributed by atoms with Crippen molar-refractivity contribution in [2.45, 2.75) is 20.0 Å². The van der Waals surface area contributed by atoms with Gasteiger partial charge in [0.1, 0.15) is 18.1 Å². The molecule has 0 aromatic heterocycles. The highest BCUT2D eigenvalue weighted by Gasteiger charge is 2.60. The van der Waals surface area contributed by atoms with Crippen molar-refractivity contribution in [3.63, 3.8) is 0 Å². The number of carbonyl (C=O) groups is 3. The van der Waals surface area contributed by atoms with Crippen LogP contribution in [0.3, 0.4) is 0 Å². The molecule has 1 saturated heterocycles. The molecule has 2 fully saturated rings. The van der Waals surface area contributed by atoms with Crippen LogP contribution in [0.2, 0.25) is 0 Å². The Kier molecular flexibility index (Phi) is 5.98. The fraction of sp³-hybridized carbons (Fsp3) is 0.233. The first kappa shape index (κ1) is 24.5. The van der Waals surface area contributed by atoms with Crippen LogP contribution in [0.15, 0.2) is 84.4 Å². The van der Waals surface area contributed by atoms with Gasteiger partial charge in [-0.3, -0.25) is 24.6 Å². The number of allylic oxidation sites excluding steroid dienone is 2. The van der Waals surface area contributed by atoms with Crippen molar-refractivity contribution >= 4 is 29.2 Å². The molecule has 1 aliphatic heterocycles. The highest BCUT2D eigenvalue weighted by atomic mass is 16.6. The van der Waals surface area contributed by atoms with Crippen LogP contribution in [-0.2, 0) is 20.9 Å². The Bertz CT molecular complexity index is 1510. The number of hydrogen-bond donors (Lipinski definition) is 0. The maximum Gasteiger partial charge on any atom is 0.338 e. The van der Waals surface area contributed by atoms with Crippen molar-refractivity contribution in [3.05, 3.63) is 106 Å². The van der Waals surface area contributed by atoms with Gasteiger partial charge < -0.3 is 9.47 Å². The second-order valence-corrected chi connectivity index (χ2v) is 10.1. The van der Waals surface area contributed by atoms with E-state index in [1.165, 1.54) is 34.7 Å². The summed E-state index contributed by atoms with van der Waals surface area (Å²) in [6.45, 7) is 2.08. The quantitative estimate of drug-likeness (QED) is 0.133. The van der Waals surface area contributed by atoms with E-state index in [4.69, 9.17) is 9.47 Å². The minimum absolute atomic E-state index is 0.0196. The van der Waals surface area contributed by atoms with Gasteiger partial charge in [0.15, 0.2) is 0 Å². The van der Waals surface area contributed by atoms with Crippen LogP contribution in [0.4, 0.5) is 11.4 Å². The molecule has 3 aromatic rings. The Morgan fingerprint density at radius 3 is 2.18 bits per heavy atom. The summed E-state index contributed by atoms with van der Waals surface area (Å²) in [5.74, 6) is -0.103. The van der Waals surface area contributed by atoms with Crippen molar-refractivity contribution in [2.75, 3.05) is 4.90 Å². The Hall–Kier alpha value is -4.79. The molecule has 39 heavy (non-hydrogen) atoms. The van der Waals surface area contributed by atoms with E-state index in [1.807, 2.05) is 6.92 Å². The highest BCUT2D eigenvalue weighted by molar-refractivity contribution is 6.23. The van der Waals surface area contributed by atoms with Gasteiger partial charge in [0.05, 0.1) is 28.0 Å². The number of hydrogen-bond acceptors (Lipinski definition) is 7. The number of benzene rings is 3. The van der Waals surface area contributed by atoms with E-state index < -0.39 is 10.9 Å². The molecule has 1 heterocycles. The zero-order chi connectivity index (χ0) is 27.3.